The molecule has 0 saturated heterocycles. The van der Waals surface area contributed by atoms with Crippen molar-refractivity contribution in [3.63, 3.8) is 0 Å². The molecule has 9 heavy (non-hydrogen) atoms. The van der Waals surface area contributed by atoms with Gasteiger partial charge in [-0.3, -0.25) is 5.32 Å². The van der Waals surface area contributed by atoms with E-state index in [1.807, 2.05) is 0 Å². The summed E-state index contributed by atoms with van der Waals surface area (Å²) in [6.07, 6.45) is 2.81. The van der Waals surface area contributed by atoms with Gasteiger partial charge < -0.3 is 10.2 Å². The molecular formula is C6H13NO2. The Bertz CT molecular complexity index is 80.4. The molecule has 0 aliphatic heterocycles. The second-order valence-electron chi connectivity index (χ2n) is 2.49. The topological polar surface area (TPSA) is 52.5 Å². The van der Waals surface area contributed by atoms with Crippen molar-refractivity contribution >= 4 is 0 Å². The molecule has 1 saturated carbocycles. The van der Waals surface area contributed by atoms with Crippen LogP contribution in [0.25, 0.3) is 0 Å². The molecule has 54 valence electrons. The number of rotatable bonds is 3. The van der Waals surface area contributed by atoms with Crippen LogP contribution in [0.3, 0.4) is 0 Å². The van der Waals surface area contributed by atoms with Crippen molar-refractivity contribution < 1.29 is 10.2 Å². The molecule has 0 amide bonds. The highest BCUT2D eigenvalue weighted by atomic mass is 16.3. The summed E-state index contributed by atoms with van der Waals surface area (Å²) in [7, 11) is 0. The lowest BCUT2D eigenvalue weighted by molar-refractivity contribution is 0.0476. The van der Waals surface area contributed by atoms with Gasteiger partial charge in [0.25, 0.3) is 0 Å². The monoisotopic (exact) mass is 131 g/mol. The minimum atomic E-state index is -0.713. The van der Waals surface area contributed by atoms with Crippen LogP contribution in [0.4, 0.5) is 0 Å². The van der Waals surface area contributed by atoms with Crippen LogP contribution in [0.5, 0.6) is 0 Å². The minimum absolute atomic E-state index is 0.184. The Kier molecular flexibility index (Phi) is 2.45. The molecule has 3 nitrogen and oxygen atoms in total. The maximum absolute atomic E-state index is 8.83. The maximum Gasteiger partial charge on any atom is 0.128 e. The number of aliphatic hydroxyl groups is 2. The second kappa shape index (κ2) is 3.15. The van der Waals surface area contributed by atoms with Gasteiger partial charge in [-0.05, 0) is 12.8 Å². The molecule has 3 N–H and O–H groups in total. The van der Waals surface area contributed by atoms with Crippen LogP contribution in [0.15, 0.2) is 0 Å². The van der Waals surface area contributed by atoms with Gasteiger partial charge in [0, 0.05) is 6.04 Å². The molecule has 1 fully saturated rings. The van der Waals surface area contributed by atoms with Crippen LogP contribution in [0, 0.1) is 0 Å². The van der Waals surface area contributed by atoms with E-state index < -0.39 is 6.23 Å². The summed E-state index contributed by atoms with van der Waals surface area (Å²) in [6, 6.07) is 0.451. The molecular weight excluding hydrogens is 118 g/mol. The minimum Gasteiger partial charge on any atom is -0.392 e. The summed E-state index contributed by atoms with van der Waals surface area (Å²) in [5.41, 5.74) is 0. The Morgan fingerprint density at radius 3 is 2.56 bits per heavy atom. The molecule has 1 aliphatic carbocycles. The molecule has 0 spiro atoms. The van der Waals surface area contributed by atoms with Crippen molar-refractivity contribution in [3.8, 4) is 0 Å². The highest BCUT2D eigenvalue weighted by molar-refractivity contribution is 4.76. The average molecular weight is 131 g/mol. The predicted octanol–water partition coefficient (Wildman–Crippen LogP) is -0.561. The molecule has 0 heterocycles. The van der Waals surface area contributed by atoms with Crippen LogP contribution >= 0.6 is 0 Å². The fourth-order valence-electron chi connectivity index (χ4n) is 0.900. The van der Waals surface area contributed by atoms with E-state index in [9.17, 15) is 0 Å². The Morgan fingerprint density at radius 1 is 1.56 bits per heavy atom. The smallest absolute Gasteiger partial charge is 0.128 e. The average Bonchev–Trinajstić information content (AvgIpc) is 1.78. The summed E-state index contributed by atoms with van der Waals surface area (Å²) in [4.78, 5) is 0. The van der Waals surface area contributed by atoms with E-state index in [1.54, 1.807) is 0 Å². The number of hydrogen-bond acceptors (Lipinski definition) is 3. The number of aliphatic hydroxyl groups excluding tert-OH is 2. The molecule has 0 bridgehead atoms. The third-order valence-electron chi connectivity index (χ3n) is 1.71. The molecule has 3 heteroatoms. The van der Waals surface area contributed by atoms with Crippen LogP contribution in [-0.4, -0.2) is 29.1 Å². The molecule has 1 aliphatic rings. The van der Waals surface area contributed by atoms with Crippen LogP contribution in [-0.2, 0) is 0 Å². The Labute approximate surface area is 54.7 Å². The van der Waals surface area contributed by atoms with Gasteiger partial charge in [0.05, 0.1) is 6.61 Å². The fourth-order valence-corrected chi connectivity index (χ4v) is 0.900. The van der Waals surface area contributed by atoms with Crippen LogP contribution in [0.2, 0.25) is 0 Å². The van der Waals surface area contributed by atoms with Gasteiger partial charge in [-0.1, -0.05) is 6.42 Å². The highest BCUT2D eigenvalue weighted by Crippen LogP contribution is 2.17. The molecule has 1 atom stereocenters. The van der Waals surface area contributed by atoms with Crippen molar-refractivity contribution in [1.82, 2.24) is 5.32 Å². The summed E-state index contributed by atoms with van der Waals surface area (Å²) < 4.78 is 0. The van der Waals surface area contributed by atoms with Crippen LogP contribution < -0.4 is 5.32 Å². The van der Waals surface area contributed by atoms with Crippen molar-refractivity contribution in [1.29, 1.82) is 0 Å². The van der Waals surface area contributed by atoms with Gasteiger partial charge in [0.1, 0.15) is 6.23 Å². The largest absolute Gasteiger partial charge is 0.392 e. The summed E-state index contributed by atoms with van der Waals surface area (Å²) in [6.45, 7) is -0.184. The van der Waals surface area contributed by atoms with E-state index in [0.717, 1.165) is 12.8 Å². The van der Waals surface area contributed by atoms with E-state index in [1.165, 1.54) is 6.42 Å². The summed E-state index contributed by atoms with van der Waals surface area (Å²) >= 11 is 0. The van der Waals surface area contributed by atoms with E-state index >= 15 is 0 Å². The van der Waals surface area contributed by atoms with Gasteiger partial charge in [-0.2, -0.15) is 0 Å². The first-order valence-corrected chi connectivity index (χ1v) is 3.38. The molecule has 0 aromatic rings. The molecule has 0 aromatic heterocycles. The first kappa shape index (κ1) is 6.99. The van der Waals surface area contributed by atoms with E-state index in [2.05, 4.69) is 5.32 Å². The SMILES string of the molecule is OCC(O)NC1CCC1. The molecule has 1 rings (SSSR count). The van der Waals surface area contributed by atoms with Crippen molar-refractivity contribution in [2.45, 2.75) is 31.5 Å². The quantitative estimate of drug-likeness (QED) is 0.450. The zero-order chi connectivity index (χ0) is 6.69. The second-order valence-corrected chi connectivity index (χ2v) is 2.49. The van der Waals surface area contributed by atoms with Crippen molar-refractivity contribution in [3.05, 3.63) is 0 Å². The maximum atomic E-state index is 8.83. The van der Waals surface area contributed by atoms with Gasteiger partial charge in [-0.15, -0.1) is 0 Å². The van der Waals surface area contributed by atoms with Gasteiger partial charge >= 0.3 is 0 Å². The Hall–Kier alpha value is -0.120. The summed E-state index contributed by atoms with van der Waals surface area (Å²) in [5.74, 6) is 0. The number of hydrogen-bond donors (Lipinski definition) is 3. The van der Waals surface area contributed by atoms with Crippen LogP contribution in [0.1, 0.15) is 19.3 Å². The Morgan fingerprint density at radius 2 is 2.22 bits per heavy atom. The van der Waals surface area contributed by atoms with E-state index in [4.69, 9.17) is 10.2 Å². The first-order chi connectivity index (χ1) is 4.33. The normalized spacial score (nSPS) is 23.3. The van der Waals surface area contributed by atoms with Gasteiger partial charge in [-0.25, -0.2) is 0 Å². The lowest BCUT2D eigenvalue weighted by atomic mass is 9.93. The predicted molar refractivity (Wildman–Crippen MR) is 33.9 cm³/mol. The Balaban J connectivity index is 2.01. The van der Waals surface area contributed by atoms with Gasteiger partial charge in [0.2, 0.25) is 0 Å². The highest BCUT2D eigenvalue weighted by Gasteiger charge is 2.18. The van der Waals surface area contributed by atoms with Gasteiger partial charge in [0.15, 0.2) is 0 Å². The standard InChI is InChI=1S/C6H13NO2/c8-4-6(9)7-5-2-1-3-5/h5-9H,1-4H2. The first-order valence-electron chi connectivity index (χ1n) is 3.38. The third-order valence-corrected chi connectivity index (χ3v) is 1.71. The van der Waals surface area contributed by atoms with E-state index in [0.29, 0.717) is 6.04 Å². The van der Waals surface area contributed by atoms with E-state index in [-0.39, 0.29) is 6.61 Å². The zero-order valence-corrected chi connectivity index (χ0v) is 5.38. The van der Waals surface area contributed by atoms with Crippen molar-refractivity contribution in [2.75, 3.05) is 6.61 Å². The zero-order valence-electron chi connectivity index (χ0n) is 5.38. The lowest BCUT2D eigenvalue weighted by Gasteiger charge is -2.28. The summed E-state index contributed by atoms with van der Waals surface area (Å²) in [5, 5.41) is 20.1. The lowest BCUT2D eigenvalue weighted by Crippen LogP contribution is -2.43. The third kappa shape index (κ3) is 1.93. The molecule has 1 unspecified atom stereocenters. The number of nitrogens with one attached hydrogen (secondary N) is 1. The molecule has 0 aromatic carbocycles. The fraction of sp³-hybridized carbons (Fsp3) is 1.00. The molecule has 0 radical (unpaired) electrons. The van der Waals surface area contributed by atoms with Crippen molar-refractivity contribution in [2.24, 2.45) is 0 Å².